The molecule has 0 unspecified atom stereocenters. The minimum absolute atomic E-state index is 0.149. The number of pyridine rings is 1. The van der Waals surface area contributed by atoms with Crippen LogP contribution in [0.5, 0.6) is 0 Å². The Hall–Kier alpha value is -1.54. The highest BCUT2D eigenvalue weighted by Gasteiger charge is 2.18. The van der Waals surface area contributed by atoms with Crippen molar-refractivity contribution in [2.75, 3.05) is 10.5 Å². The lowest BCUT2D eigenvalue weighted by Gasteiger charge is -2.10. The molecule has 8 heteroatoms. The Kier molecular flexibility index (Phi) is 4.89. The number of nitrogens with zero attached hydrogens (tertiary/aromatic N) is 1. The molecule has 1 heterocycles. The third-order valence-corrected chi connectivity index (χ3v) is 4.33. The van der Waals surface area contributed by atoms with E-state index in [1.807, 2.05) is 4.72 Å². The van der Waals surface area contributed by atoms with Crippen LogP contribution in [0.4, 0.5) is 14.5 Å². The van der Waals surface area contributed by atoms with Crippen molar-refractivity contribution in [1.82, 2.24) is 4.98 Å². The molecule has 0 aliphatic carbocycles. The number of benzene rings is 1. The zero-order valence-corrected chi connectivity index (χ0v) is 13.1. The zero-order valence-electron chi connectivity index (χ0n) is 10.7. The minimum atomic E-state index is -3.88. The highest BCUT2D eigenvalue weighted by Crippen LogP contribution is 2.24. The fourth-order valence-corrected chi connectivity index (χ4v) is 3.12. The molecular weight excluding hydrogens is 366 g/mol. The van der Waals surface area contributed by atoms with E-state index < -0.39 is 27.3 Å². The first-order valence-electron chi connectivity index (χ1n) is 5.92. The number of anilines is 1. The summed E-state index contributed by atoms with van der Waals surface area (Å²) < 4.78 is 53.1. The molecule has 0 saturated heterocycles. The molecule has 2 rings (SSSR count). The van der Waals surface area contributed by atoms with Crippen LogP contribution in [0.25, 0.3) is 0 Å². The van der Waals surface area contributed by atoms with Gasteiger partial charge in [0.15, 0.2) is 11.6 Å². The lowest BCUT2D eigenvalue weighted by Crippen LogP contribution is -2.20. The molecule has 0 aliphatic heterocycles. The number of aryl methyl sites for hydroxylation is 1. The molecule has 0 aliphatic rings. The van der Waals surface area contributed by atoms with E-state index in [0.717, 1.165) is 12.1 Å². The van der Waals surface area contributed by atoms with Crippen molar-refractivity contribution in [3.63, 3.8) is 0 Å². The van der Waals surface area contributed by atoms with Gasteiger partial charge in [-0.25, -0.2) is 17.2 Å². The summed E-state index contributed by atoms with van der Waals surface area (Å²) in [6.07, 6.45) is 1.69. The van der Waals surface area contributed by atoms with Crippen LogP contribution in [0.15, 0.2) is 41.0 Å². The standard InChI is InChI=1S/C13H11BrF2N2O2S/c14-9-7-11(15)13(12(16)8-9)18-21(19,20)6-4-10-3-1-2-5-17-10/h1-3,5,7-8,18H,4,6H2. The SMILES string of the molecule is O=S(=O)(CCc1ccccn1)Nc1c(F)cc(Br)cc1F. The average molecular weight is 377 g/mol. The van der Waals surface area contributed by atoms with Gasteiger partial charge in [-0.05, 0) is 24.3 Å². The summed E-state index contributed by atoms with van der Waals surface area (Å²) in [5.41, 5.74) is -0.0983. The van der Waals surface area contributed by atoms with E-state index >= 15 is 0 Å². The van der Waals surface area contributed by atoms with Gasteiger partial charge in [0.2, 0.25) is 10.0 Å². The Morgan fingerprint density at radius 2 is 1.86 bits per heavy atom. The van der Waals surface area contributed by atoms with Crippen molar-refractivity contribution in [3.8, 4) is 0 Å². The molecule has 1 N–H and O–H groups in total. The predicted octanol–water partition coefficient (Wildman–Crippen LogP) is 3.11. The smallest absolute Gasteiger partial charge is 0.233 e. The number of hydrogen-bond acceptors (Lipinski definition) is 3. The van der Waals surface area contributed by atoms with Gasteiger partial charge >= 0.3 is 0 Å². The Labute approximate surface area is 129 Å². The fraction of sp³-hybridized carbons (Fsp3) is 0.154. The first kappa shape index (κ1) is 15.8. The molecule has 1 aromatic carbocycles. The van der Waals surface area contributed by atoms with Gasteiger partial charge in [0.05, 0.1) is 5.75 Å². The van der Waals surface area contributed by atoms with E-state index in [4.69, 9.17) is 0 Å². The summed E-state index contributed by atoms with van der Waals surface area (Å²) in [7, 11) is -3.88. The third-order valence-electron chi connectivity index (χ3n) is 2.62. The van der Waals surface area contributed by atoms with E-state index in [1.54, 1.807) is 24.4 Å². The van der Waals surface area contributed by atoms with Crippen LogP contribution >= 0.6 is 15.9 Å². The van der Waals surface area contributed by atoms with Gasteiger partial charge in [0.25, 0.3) is 0 Å². The summed E-state index contributed by atoms with van der Waals surface area (Å²) in [6, 6.07) is 7.09. The first-order chi connectivity index (χ1) is 9.87. The monoisotopic (exact) mass is 376 g/mol. The third kappa shape index (κ3) is 4.47. The number of halogens is 3. The van der Waals surface area contributed by atoms with Crippen molar-refractivity contribution in [3.05, 3.63) is 58.3 Å². The maximum atomic E-state index is 13.6. The zero-order chi connectivity index (χ0) is 15.5. The normalized spacial score (nSPS) is 11.4. The summed E-state index contributed by atoms with van der Waals surface area (Å²) in [6.45, 7) is 0. The number of aromatic nitrogens is 1. The van der Waals surface area contributed by atoms with Crippen molar-refractivity contribution in [2.24, 2.45) is 0 Å². The van der Waals surface area contributed by atoms with Gasteiger partial charge in [-0.3, -0.25) is 9.71 Å². The van der Waals surface area contributed by atoms with Crippen molar-refractivity contribution in [1.29, 1.82) is 0 Å². The van der Waals surface area contributed by atoms with E-state index in [0.29, 0.717) is 5.69 Å². The van der Waals surface area contributed by atoms with Gasteiger partial charge in [-0.2, -0.15) is 0 Å². The first-order valence-corrected chi connectivity index (χ1v) is 8.37. The molecule has 0 spiro atoms. The fourth-order valence-electron chi connectivity index (χ4n) is 1.63. The molecule has 21 heavy (non-hydrogen) atoms. The molecule has 4 nitrogen and oxygen atoms in total. The van der Waals surface area contributed by atoms with E-state index in [9.17, 15) is 17.2 Å². The average Bonchev–Trinajstić information content (AvgIpc) is 2.42. The molecule has 1 aromatic heterocycles. The second-order valence-electron chi connectivity index (χ2n) is 4.24. The van der Waals surface area contributed by atoms with Crippen LogP contribution in [-0.4, -0.2) is 19.2 Å². The summed E-state index contributed by atoms with van der Waals surface area (Å²) in [5, 5.41) is 0. The molecule has 0 amide bonds. The molecule has 0 atom stereocenters. The predicted molar refractivity (Wildman–Crippen MR) is 79.4 cm³/mol. The van der Waals surface area contributed by atoms with E-state index in [2.05, 4.69) is 20.9 Å². The maximum absolute atomic E-state index is 13.6. The topological polar surface area (TPSA) is 59.1 Å². The number of nitrogens with one attached hydrogen (secondary N) is 1. The van der Waals surface area contributed by atoms with Gasteiger partial charge in [0, 0.05) is 22.8 Å². The Morgan fingerprint density at radius 3 is 2.43 bits per heavy atom. The second-order valence-corrected chi connectivity index (χ2v) is 6.99. The van der Waals surface area contributed by atoms with Crippen LogP contribution in [0.2, 0.25) is 0 Å². The highest BCUT2D eigenvalue weighted by molar-refractivity contribution is 9.10. The van der Waals surface area contributed by atoms with Crippen molar-refractivity contribution in [2.45, 2.75) is 6.42 Å². The quantitative estimate of drug-likeness (QED) is 0.871. The van der Waals surface area contributed by atoms with Crippen LogP contribution in [0.1, 0.15) is 5.69 Å². The second kappa shape index (κ2) is 6.48. The Morgan fingerprint density at radius 1 is 1.19 bits per heavy atom. The maximum Gasteiger partial charge on any atom is 0.233 e. The van der Waals surface area contributed by atoms with Crippen LogP contribution in [0, 0.1) is 11.6 Å². The van der Waals surface area contributed by atoms with Crippen LogP contribution < -0.4 is 4.72 Å². The van der Waals surface area contributed by atoms with Crippen LogP contribution in [0.3, 0.4) is 0 Å². The number of rotatable bonds is 5. The lowest BCUT2D eigenvalue weighted by molar-refractivity contribution is 0.581. The molecule has 0 radical (unpaired) electrons. The van der Waals surface area contributed by atoms with Crippen molar-refractivity contribution >= 4 is 31.6 Å². The van der Waals surface area contributed by atoms with E-state index in [-0.39, 0.29) is 16.6 Å². The Bertz CT molecular complexity index is 716. The molecule has 0 fully saturated rings. The molecule has 0 bridgehead atoms. The summed E-state index contributed by atoms with van der Waals surface area (Å²) >= 11 is 2.92. The molecule has 2 aromatic rings. The number of sulfonamides is 1. The van der Waals surface area contributed by atoms with E-state index in [1.165, 1.54) is 0 Å². The summed E-state index contributed by atoms with van der Waals surface area (Å²) in [5.74, 6) is -2.29. The summed E-state index contributed by atoms with van der Waals surface area (Å²) in [4.78, 5) is 3.99. The van der Waals surface area contributed by atoms with Crippen molar-refractivity contribution < 1.29 is 17.2 Å². The molecular formula is C13H11BrF2N2O2S. The van der Waals surface area contributed by atoms with Gasteiger partial charge in [-0.1, -0.05) is 22.0 Å². The highest BCUT2D eigenvalue weighted by atomic mass is 79.9. The Balaban J connectivity index is 2.11. The van der Waals surface area contributed by atoms with Gasteiger partial charge in [-0.15, -0.1) is 0 Å². The van der Waals surface area contributed by atoms with Crippen LogP contribution in [-0.2, 0) is 16.4 Å². The molecule has 112 valence electrons. The lowest BCUT2D eigenvalue weighted by atomic mass is 10.3. The molecule has 0 saturated carbocycles. The number of hydrogen-bond donors (Lipinski definition) is 1. The minimum Gasteiger partial charge on any atom is -0.278 e. The van der Waals surface area contributed by atoms with Gasteiger partial charge < -0.3 is 0 Å². The largest absolute Gasteiger partial charge is 0.278 e. The van der Waals surface area contributed by atoms with Gasteiger partial charge in [0.1, 0.15) is 5.69 Å².